The number of fused-ring (bicyclic) bond motifs is 1. The Morgan fingerprint density at radius 2 is 2.03 bits per heavy atom. The molecule has 4 rings (SSSR count). The van der Waals surface area contributed by atoms with Crippen molar-refractivity contribution in [3.05, 3.63) is 36.7 Å². The van der Waals surface area contributed by atoms with Crippen molar-refractivity contribution in [2.45, 2.75) is 25.0 Å². The van der Waals surface area contributed by atoms with Crippen LogP contribution < -0.4 is 10.5 Å². The van der Waals surface area contributed by atoms with E-state index in [0.29, 0.717) is 29.8 Å². The number of nitrogens with one attached hydrogen (secondary N) is 1. The lowest BCUT2D eigenvalue weighted by atomic mass is 10.1. The van der Waals surface area contributed by atoms with E-state index >= 15 is 0 Å². The van der Waals surface area contributed by atoms with Gasteiger partial charge in [-0.05, 0) is 12.8 Å². The molecular weight excluding hydrogens is 396 g/mol. The molecule has 0 saturated heterocycles. The lowest BCUT2D eigenvalue weighted by molar-refractivity contribution is 0.101. The highest BCUT2D eigenvalue weighted by Gasteiger charge is 2.34. The van der Waals surface area contributed by atoms with E-state index < -0.39 is 16.4 Å². The number of nitrogens with zero attached hydrogens (tertiary/aromatic N) is 4. The van der Waals surface area contributed by atoms with Gasteiger partial charge in [-0.3, -0.25) is 4.18 Å². The van der Waals surface area contributed by atoms with Crippen molar-refractivity contribution in [1.82, 2.24) is 19.5 Å². The summed E-state index contributed by atoms with van der Waals surface area (Å²) >= 11 is 0. The van der Waals surface area contributed by atoms with Gasteiger partial charge in [-0.25, -0.2) is 20.1 Å². The summed E-state index contributed by atoms with van der Waals surface area (Å²) in [6, 6.07) is 9.68. The van der Waals surface area contributed by atoms with Gasteiger partial charge in [0.15, 0.2) is 17.0 Å². The van der Waals surface area contributed by atoms with Crippen molar-refractivity contribution < 1.29 is 17.7 Å². The second kappa shape index (κ2) is 7.67. The van der Waals surface area contributed by atoms with Crippen LogP contribution in [0.4, 0.5) is 5.82 Å². The van der Waals surface area contributed by atoms with E-state index in [1.807, 2.05) is 41.9 Å². The first-order valence-electron chi connectivity index (χ1n) is 9.16. The van der Waals surface area contributed by atoms with Crippen LogP contribution in [0.1, 0.15) is 12.8 Å². The SMILES string of the molecule is Cn1c(-c2ccccc2)nc2c(N[C@@H]3C[C@@H](COS(N)(=O)=O)[C@@H](O)C3)ncnc21. The number of aliphatic hydroxyl groups is 1. The zero-order valence-corrected chi connectivity index (χ0v) is 16.6. The van der Waals surface area contributed by atoms with Gasteiger partial charge in [-0.2, -0.15) is 8.42 Å². The van der Waals surface area contributed by atoms with Crippen molar-refractivity contribution in [3.8, 4) is 11.4 Å². The summed E-state index contributed by atoms with van der Waals surface area (Å²) in [5, 5.41) is 18.4. The molecule has 0 unspecified atom stereocenters. The molecule has 1 saturated carbocycles. The third-order valence-electron chi connectivity index (χ3n) is 5.13. The largest absolute Gasteiger partial charge is 0.393 e. The van der Waals surface area contributed by atoms with Crippen LogP contribution >= 0.6 is 0 Å². The predicted octanol–water partition coefficient (Wildman–Crippen LogP) is 0.802. The fraction of sp³-hybridized carbons (Fsp3) is 0.389. The van der Waals surface area contributed by atoms with Crippen LogP contribution in [-0.2, 0) is 21.5 Å². The van der Waals surface area contributed by atoms with Crippen molar-refractivity contribution in [2.75, 3.05) is 11.9 Å². The van der Waals surface area contributed by atoms with Crippen LogP contribution in [-0.4, -0.2) is 51.8 Å². The summed E-state index contributed by atoms with van der Waals surface area (Å²) in [6.45, 7) is -0.154. The number of nitrogens with two attached hydrogens (primary N) is 1. The average molecular weight is 418 g/mol. The average Bonchev–Trinajstić information content (AvgIpc) is 3.21. The van der Waals surface area contributed by atoms with Gasteiger partial charge < -0.3 is 15.0 Å². The van der Waals surface area contributed by atoms with Crippen molar-refractivity contribution in [1.29, 1.82) is 0 Å². The maximum absolute atomic E-state index is 11.0. The van der Waals surface area contributed by atoms with E-state index in [1.54, 1.807) is 0 Å². The zero-order chi connectivity index (χ0) is 20.6. The Morgan fingerprint density at radius 3 is 2.76 bits per heavy atom. The number of aliphatic hydroxyl groups excluding tert-OH is 1. The quantitative estimate of drug-likeness (QED) is 0.533. The normalized spacial score (nSPS) is 22.2. The van der Waals surface area contributed by atoms with Crippen LogP contribution in [0, 0.1) is 5.92 Å². The molecule has 1 aliphatic carbocycles. The van der Waals surface area contributed by atoms with E-state index in [9.17, 15) is 13.5 Å². The van der Waals surface area contributed by atoms with Gasteiger partial charge in [-0.1, -0.05) is 30.3 Å². The fourth-order valence-electron chi connectivity index (χ4n) is 3.73. The lowest BCUT2D eigenvalue weighted by Crippen LogP contribution is -2.24. The first kappa shape index (κ1) is 19.7. The Kier molecular flexibility index (Phi) is 5.21. The molecule has 0 bridgehead atoms. The molecule has 0 amide bonds. The molecule has 3 atom stereocenters. The first-order chi connectivity index (χ1) is 13.8. The van der Waals surface area contributed by atoms with E-state index in [4.69, 9.17) is 10.1 Å². The molecule has 29 heavy (non-hydrogen) atoms. The van der Waals surface area contributed by atoms with Gasteiger partial charge in [0.1, 0.15) is 12.2 Å². The number of benzene rings is 1. The lowest BCUT2D eigenvalue weighted by Gasteiger charge is -2.13. The Morgan fingerprint density at radius 1 is 1.28 bits per heavy atom. The number of hydrogen-bond acceptors (Lipinski definition) is 8. The van der Waals surface area contributed by atoms with Crippen LogP contribution in [0.2, 0.25) is 0 Å². The fourth-order valence-corrected chi connectivity index (χ4v) is 4.09. The maximum atomic E-state index is 11.0. The first-order valence-corrected chi connectivity index (χ1v) is 10.6. The highest BCUT2D eigenvalue weighted by atomic mass is 32.2. The molecule has 0 aliphatic heterocycles. The second-order valence-electron chi connectivity index (χ2n) is 7.17. The van der Waals surface area contributed by atoms with Gasteiger partial charge in [-0.15, -0.1) is 0 Å². The number of aryl methyl sites for hydroxylation is 1. The Hall–Kier alpha value is -2.60. The van der Waals surface area contributed by atoms with E-state index in [1.165, 1.54) is 6.33 Å². The molecule has 10 nitrogen and oxygen atoms in total. The number of anilines is 1. The Balaban J connectivity index is 1.56. The summed E-state index contributed by atoms with van der Waals surface area (Å²) in [5.41, 5.74) is 2.29. The number of imidazole rings is 1. The van der Waals surface area contributed by atoms with E-state index in [0.717, 1.165) is 11.4 Å². The minimum Gasteiger partial charge on any atom is -0.393 e. The Bertz CT molecular complexity index is 1120. The van der Waals surface area contributed by atoms with Crippen molar-refractivity contribution in [3.63, 3.8) is 0 Å². The number of aromatic nitrogens is 4. The minimum atomic E-state index is -4.03. The standard InChI is InChI=1S/C18H22N6O4S/c1-24-17(11-5-3-2-4-6-11)23-15-16(20-10-21-18(15)24)22-13-7-12(14(25)8-13)9-28-29(19,26)27/h2-6,10,12-14,25H,7-9H2,1H3,(H2,19,26,27)(H,20,21,22)/t12-,13+,14-/m0/s1. The molecule has 154 valence electrons. The molecule has 0 spiro atoms. The molecule has 1 aliphatic rings. The van der Waals surface area contributed by atoms with Gasteiger partial charge >= 0.3 is 10.3 Å². The molecule has 1 aromatic carbocycles. The molecule has 1 fully saturated rings. The number of rotatable bonds is 6. The third kappa shape index (κ3) is 4.22. The summed E-state index contributed by atoms with van der Waals surface area (Å²) in [4.78, 5) is 13.4. The van der Waals surface area contributed by atoms with Crippen molar-refractivity contribution >= 4 is 27.3 Å². The molecular formula is C18H22N6O4S. The third-order valence-corrected chi connectivity index (χ3v) is 5.60. The summed E-state index contributed by atoms with van der Waals surface area (Å²) in [5.74, 6) is 1.000. The summed E-state index contributed by atoms with van der Waals surface area (Å²) in [6.07, 6.45) is 1.71. The molecule has 3 aromatic rings. The Labute approximate surface area is 168 Å². The molecule has 2 heterocycles. The molecule has 11 heteroatoms. The topological polar surface area (TPSA) is 145 Å². The monoisotopic (exact) mass is 418 g/mol. The predicted molar refractivity (Wildman–Crippen MR) is 107 cm³/mol. The van der Waals surface area contributed by atoms with E-state index in [-0.39, 0.29) is 18.6 Å². The van der Waals surface area contributed by atoms with Crippen molar-refractivity contribution in [2.24, 2.45) is 18.1 Å². The highest BCUT2D eigenvalue weighted by Crippen LogP contribution is 2.31. The van der Waals surface area contributed by atoms with Gasteiger partial charge in [0, 0.05) is 24.6 Å². The molecule has 4 N–H and O–H groups in total. The second-order valence-corrected chi connectivity index (χ2v) is 8.39. The maximum Gasteiger partial charge on any atom is 0.333 e. The van der Waals surface area contributed by atoms with Gasteiger partial charge in [0.25, 0.3) is 0 Å². The van der Waals surface area contributed by atoms with Crippen LogP contribution in [0.5, 0.6) is 0 Å². The highest BCUT2D eigenvalue weighted by molar-refractivity contribution is 7.84. The zero-order valence-electron chi connectivity index (χ0n) is 15.8. The molecule has 2 aromatic heterocycles. The van der Waals surface area contributed by atoms with Gasteiger partial charge in [0.2, 0.25) is 0 Å². The molecule has 0 radical (unpaired) electrons. The number of hydrogen-bond donors (Lipinski definition) is 3. The van der Waals surface area contributed by atoms with Crippen LogP contribution in [0.25, 0.3) is 22.6 Å². The minimum absolute atomic E-state index is 0.112. The summed E-state index contributed by atoms with van der Waals surface area (Å²) in [7, 11) is -2.14. The van der Waals surface area contributed by atoms with Crippen LogP contribution in [0.15, 0.2) is 36.7 Å². The van der Waals surface area contributed by atoms with Crippen LogP contribution in [0.3, 0.4) is 0 Å². The smallest absolute Gasteiger partial charge is 0.333 e. The summed E-state index contributed by atoms with van der Waals surface area (Å²) < 4.78 is 28.5. The van der Waals surface area contributed by atoms with E-state index in [2.05, 4.69) is 19.5 Å². The van der Waals surface area contributed by atoms with Gasteiger partial charge in [0.05, 0.1) is 12.7 Å².